The molecule has 44 valence electrons. The smallest absolute Gasteiger partial charge is 0.363 e. The lowest BCUT2D eigenvalue weighted by Crippen LogP contribution is -2.24. The van der Waals surface area contributed by atoms with E-state index in [0.29, 0.717) is 6.42 Å². The summed E-state index contributed by atoms with van der Waals surface area (Å²) < 4.78 is 0. The maximum atomic E-state index is 10.1. The van der Waals surface area contributed by atoms with Gasteiger partial charge in [-0.05, 0) is 0 Å². The normalized spacial score (nSPS) is 12.0. The summed E-state index contributed by atoms with van der Waals surface area (Å²) in [4.78, 5) is 12.9. The van der Waals surface area contributed by atoms with Crippen molar-refractivity contribution in [3.8, 4) is 0 Å². The van der Waals surface area contributed by atoms with Crippen LogP contribution >= 0.6 is 0 Å². The number of amides is 1. The summed E-state index contributed by atoms with van der Waals surface area (Å²) in [7, 11) is 0. The molecule has 0 aliphatic carbocycles. The van der Waals surface area contributed by atoms with Gasteiger partial charge in [-0.25, -0.2) is 0 Å². The Bertz CT molecular complexity index is 126. The molecule has 2 N–H and O–H groups in total. The summed E-state index contributed by atoms with van der Waals surface area (Å²) in [5, 5.41) is 8.02. The summed E-state index contributed by atoms with van der Waals surface area (Å²) >= 11 is 0. The number of diazo groups is 1. The van der Waals surface area contributed by atoms with Gasteiger partial charge in [-0.2, -0.15) is 0 Å². The van der Waals surface area contributed by atoms with E-state index in [-0.39, 0.29) is 0 Å². The molecule has 0 radical (unpaired) electrons. The zero-order valence-corrected chi connectivity index (χ0v) is 4.66. The standard InChI is InChI=1S/C4H7N3O/c1-2-3(7-6)4(5)8/h3H,2H2,1H3,(H-,5,8)/p+1. The van der Waals surface area contributed by atoms with Crippen LogP contribution in [0.2, 0.25) is 0 Å². The summed E-state index contributed by atoms with van der Waals surface area (Å²) in [5.41, 5.74) is 4.77. The van der Waals surface area contributed by atoms with E-state index < -0.39 is 11.9 Å². The molecular weight excluding hydrogens is 106 g/mol. The molecule has 0 bridgehead atoms. The number of nitrogens with two attached hydrogens (primary N) is 1. The molecular formula is C4H8N3O+. The molecule has 0 aromatic carbocycles. The molecule has 4 heteroatoms. The van der Waals surface area contributed by atoms with Crippen molar-refractivity contribution in [2.45, 2.75) is 19.4 Å². The van der Waals surface area contributed by atoms with Crippen molar-refractivity contribution in [1.29, 1.82) is 5.39 Å². The third-order valence-corrected chi connectivity index (χ3v) is 0.855. The third kappa shape index (κ3) is 1.56. The molecule has 8 heavy (non-hydrogen) atoms. The minimum absolute atomic E-state index is 0.450. The van der Waals surface area contributed by atoms with Crippen LogP contribution in [0.1, 0.15) is 13.3 Å². The Morgan fingerprint density at radius 1 is 2.00 bits per heavy atom. The van der Waals surface area contributed by atoms with Crippen LogP contribution in [0.15, 0.2) is 0 Å². The first-order valence-electron chi connectivity index (χ1n) is 2.36. The average molecular weight is 114 g/mol. The van der Waals surface area contributed by atoms with Gasteiger partial charge in [0.15, 0.2) is 0 Å². The molecule has 0 fully saturated rings. The van der Waals surface area contributed by atoms with Crippen LogP contribution in [0.25, 0.3) is 4.98 Å². The molecule has 0 saturated heterocycles. The van der Waals surface area contributed by atoms with Crippen LogP contribution in [0.4, 0.5) is 0 Å². The Labute approximate surface area is 47.3 Å². The Kier molecular flexibility index (Phi) is 2.56. The van der Waals surface area contributed by atoms with Crippen molar-refractivity contribution >= 4 is 5.91 Å². The summed E-state index contributed by atoms with van der Waals surface area (Å²) in [5.74, 6) is -0.588. The highest BCUT2D eigenvalue weighted by Gasteiger charge is 2.23. The Balaban J connectivity index is 3.76. The Morgan fingerprint density at radius 2 is 2.50 bits per heavy atom. The average Bonchev–Trinajstić information content (AvgIpc) is 1.69. The molecule has 4 nitrogen and oxygen atoms in total. The molecule has 1 atom stereocenters. The lowest BCUT2D eigenvalue weighted by Gasteiger charge is -1.82. The van der Waals surface area contributed by atoms with Gasteiger partial charge in [-0.3, -0.25) is 4.79 Å². The van der Waals surface area contributed by atoms with Gasteiger partial charge in [0.05, 0.1) is 0 Å². The van der Waals surface area contributed by atoms with Crippen molar-refractivity contribution in [2.75, 3.05) is 0 Å². The molecule has 1 unspecified atom stereocenters. The van der Waals surface area contributed by atoms with E-state index in [2.05, 4.69) is 4.98 Å². The van der Waals surface area contributed by atoms with Gasteiger partial charge < -0.3 is 5.73 Å². The van der Waals surface area contributed by atoms with Crippen LogP contribution in [0, 0.1) is 5.39 Å². The predicted octanol–water partition coefficient (Wildman–Crippen LogP) is 0.103. The lowest BCUT2D eigenvalue weighted by molar-refractivity contribution is -0.118. The quantitative estimate of drug-likeness (QED) is 0.517. The van der Waals surface area contributed by atoms with Crippen molar-refractivity contribution in [1.82, 2.24) is 0 Å². The molecule has 0 spiro atoms. The largest absolute Gasteiger partial charge is 0.389 e. The first-order chi connectivity index (χ1) is 3.72. The first-order valence-corrected chi connectivity index (χ1v) is 2.36. The van der Waals surface area contributed by atoms with Crippen LogP contribution in [0.5, 0.6) is 0 Å². The molecule has 0 aliphatic heterocycles. The van der Waals surface area contributed by atoms with Crippen LogP contribution in [0.3, 0.4) is 0 Å². The fraction of sp³-hybridized carbons (Fsp3) is 0.750. The summed E-state index contributed by atoms with van der Waals surface area (Å²) in [6.45, 7) is 1.72. The van der Waals surface area contributed by atoms with Crippen LogP contribution in [-0.2, 0) is 4.79 Å². The fourth-order valence-corrected chi connectivity index (χ4v) is 0.340. The molecule has 0 aliphatic rings. The van der Waals surface area contributed by atoms with E-state index in [1.807, 2.05) is 0 Å². The maximum absolute atomic E-state index is 10.1. The molecule has 0 aromatic rings. The Morgan fingerprint density at radius 3 is 2.50 bits per heavy atom. The minimum Gasteiger partial charge on any atom is -0.363 e. The number of hydrogen-bond acceptors (Lipinski definition) is 2. The monoisotopic (exact) mass is 114 g/mol. The van der Waals surface area contributed by atoms with E-state index in [9.17, 15) is 4.79 Å². The van der Waals surface area contributed by atoms with Crippen molar-refractivity contribution in [3.63, 3.8) is 0 Å². The van der Waals surface area contributed by atoms with Crippen molar-refractivity contribution in [3.05, 3.63) is 4.98 Å². The van der Waals surface area contributed by atoms with Crippen LogP contribution < -0.4 is 5.73 Å². The number of primary amides is 1. The van der Waals surface area contributed by atoms with Gasteiger partial charge in [0, 0.05) is 6.42 Å². The number of rotatable bonds is 2. The van der Waals surface area contributed by atoms with Gasteiger partial charge >= 0.3 is 11.9 Å². The minimum atomic E-state index is -0.727. The summed E-state index contributed by atoms with van der Waals surface area (Å²) in [6, 6.07) is -0.727. The molecule has 0 rings (SSSR count). The highest BCUT2D eigenvalue weighted by molar-refractivity contribution is 5.81. The number of nitrogens with zero attached hydrogens (tertiary/aromatic N) is 2. The zero-order valence-electron chi connectivity index (χ0n) is 4.66. The lowest BCUT2D eigenvalue weighted by atomic mass is 10.2. The van der Waals surface area contributed by atoms with Gasteiger partial charge in [-0.1, -0.05) is 6.92 Å². The Hall–Kier alpha value is -1.11. The molecule has 0 aromatic heterocycles. The fourth-order valence-electron chi connectivity index (χ4n) is 0.340. The molecule has 0 heterocycles. The van der Waals surface area contributed by atoms with Crippen molar-refractivity contribution in [2.24, 2.45) is 5.73 Å². The molecule has 0 saturated carbocycles. The van der Waals surface area contributed by atoms with Gasteiger partial charge in [0.1, 0.15) is 4.98 Å². The predicted molar refractivity (Wildman–Crippen MR) is 28.4 cm³/mol. The van der Waals surface area contributed by atoms with E-state index >= 15 is 0 Å². The number of carbonyl (C=O) groups excluding carboxylic acids is 1. The summed E-state index contributed by atoms with van der Waals surface area (Å²) in [6.07, 6.45) is 0.450. The van der Waals surface area contributed by atoms with Crippen LogP contribution in [-0.4, -0.2) is 11.9 Å². The van der Waals surface area contributed by atoms with E-state index in [0.717, 1.165) is 0 Å². The van der Waals surface area contributed by atoms with E-state index in [4.69, 9.17) is 11.1 Å². The topological polar surface area (TPSA) is 71.2 Å². The highest BCUT2D eigenvalue weighted by Crippen LogP contribution is 1.92. The van der Waals surface area contributed by atoms with Gasteiger partial charge in [-0.15, -0.1) is 0 Å². The SMILES string of the molecule is CCC([N+]#N)C(N)=O. The van der Waals surface area contributed by atoms with E-state index in [1.54, 1.807) is 6.92 Å². The second kappa shape index (κ2) is 2.97. The zero-order chi connectivity index (χ0) is 6.57. The second-order valence-electron chi connectivity index (χ2n) is 1.44. The highest BCUT2D eigenvalue weighted by atomic mass is 16.1. The molecule has 1 amide bonds. The van der Waals surface area contributed by atoms with E-state index in [1.165, 1.54) is 0 Å². The first kappa shape index (κ1) is 6.89. The second-order valence-corrected chi connectivity index (χ2v) is 1.44. The number of hydrogen-bond donors (Lipinski definition) is 1. The van der Waals surface area contributed by atoms with Gasteiger partial charge in [0.25, 0.3) is 0 Å². The third-order valence-electron chi connectivity index (χ3n) is 0.855. The number of carbonyl (C=O) groups is 1. The van der Waals surface area contributed by atoms with Gasteiger partial charge in [0.2, 0.25) is 5.39 Å². The maximum Gasteiger partial charge on any atom is 0.389 e. The van der Waals surface area contributed by atoms with Crippen molar-refractivity contribution < 1.29 is 4.79 Å².